The van der Waals surface area contributed by atoms with E-state index < -0.39 is 5.91 Å². The standard InChI is InChI=1S/C20H19Cl2N3O2S2/c1-2-3-4-12-5-7-15-17(9-12)29-20(23-15)25-19(28)24-18(26)11-27-16-8-6-13(21)10-14(16)22/h5-10H,2-4,11H2,1H3,(H2,23,24,25,26,28). The largest absolute Gasteiger partial charge is 0.482 e. The number of nitrogens with zero attached hydrogens (tertiary/aromatic N) is 1. The molecule has 5 nitrogen and oxygen atoms in total. The minimum Gasteiger partial charge on any atom is -0.482 e. The molecule has 0 aliphatic carbocycles. The minimum absolute atomic E-state index is 0.158. The quantitative estimate of drug-likeness (QED) is 0.427. The van der Waals surface area contributed by atoms with Crippen molar-refractivity contribution in [2.24, 2.45) is 0 Å². The molecule has 2 aromatic carbocycles. The first kappa shape index (κ1) is 21.8. The zero-order valence-electron chi connectivity index (χ0n) is 15.6. The summed E-state index contributed by atoms with van der Waals surface area (Å²) in [7, 11) is 0. The molecule has 29 heavy (non-hydrogen) atoms. The van der Waals surface area contributed by atoms with Crippen LogP contribution in [0.4, 0.5) is 5.13 Å². The Bertz CT molecular complexity index is 1040. The number of anilines is 1. The molecule has 0 spiro atoms. The third-order valence-corrected chi connectivity index (χ3v) is 5.67. The number of rotatable bonds is 7. The van der Waals surface area contributed by atoms with Gasteiger partial charge in [-0.1, -0.05) is 53.9 Å². The Morgan fingerprint density at radius 1 is 1.24 bits per heavy atom. The number of halogens is 2. The van der Waals surface area contributed by atoms with Gasteiger partial charge in [0.05, 0.1) is 15.2 Å². The van der Waals surface area contributed by atoms with E-state index in [0.29, 0.717) is 20.9 Å². The van der Waals surface area contributed by atoms with E-state index >= 15 is 0 Å². The summed E-state index contributed by atoms with van der Waals surface area (Å²) in [5.74, 6) is -0.0355. The molecule has 0 saturated heterocycles. The first-order chi connectivity index (χ1) is 13.9. The number of unbranched alkanes of at least 4 members (excludes halogenated alkanes) is 1. The average Bonchev–Trinajstić information content (AvgIpc) is 3.06. The Kier molecular flexibility index (Phi) is 7.66. The molecule has 0 saturated carbocycles. The lowest BCUT2D eigenvalue weighted by atomic mass is 10.1. The van der Waals surface area contributed by atoms with E-state index in [-0.39, 0.29) is 11.7 Å². The van der Waals surface area contributed by atoms with Crippen molar-refractivity contribution in [3.8, 4) is 5.75 Å². The number of fused-ring (bicyclic) bond motifs is 1. The van der Waals surface area contributed by atoms with Crippen LogP contribution in [-0.4, -0.2) is 22.6 Å². The zero-order chi connectivity index (χ0) is 20.8. The zero-order valence-corrected chi connectivity index (χ0v) is 18.8. The lowest BCUT2D eigenvalue weighted by Crippen LogP contribution is -2.37. The highest BCUT2D eigenvalue weighted by Crippen LogP contribution is 2.28. The molecule has 0 bridgehead atoms. The smallest absolute Gasteiger partial charge is 0.264 e. The highest BCUT2D eigenvalue weighted by molar-refractivity contribution is 7.80. The fourth-order valence-corrected chi connectivity index (χ4v) is 4.26. The van der Waals surface area contributed by atoms with Crippen LogP contribution in [0, 0.1) is 0 Å². The number of hydrogen-bond donors (Lipinski definition) is 2. The number of nitrogens with one attached hydrogen (secondary N) is 2. The Morgan fingerprint density at radius 3 is 2.83 bits per heavy atom. The van der Waals surface area contributed by atoms with Gasteiger partial charge in [0.25, 0.3) is 5.91 Å². The van der Waals surface area contributed by atoms with Gasteiger partial charge in [0.15, 0.2) is 16.9 Å². The van der Waals surface area contributed by atoms with E-state index in [9.17, 15) is 4.79 Å². The summed E-state index contributed by atoms with van der Waals surface area (Å²) in [6, 6.07) is 11.0. The monoisotopic (exact) mass is 467 g/mol. The summed E-state index contributed by atoms with van der Waals surface area (Å²) >= 11 is 18.5. The molecule has 152 valence electrons. The fourth-order valence-electron chi connectivity index (χ4n) is 2.59. The second kappa shape index (κ2) is 10.2. The van der Waals surface area contributed by atoms with Gasteiger partial charge in [-0.05, 0) is 61.0 Å². The predicted octanol–water partition coefficient (Wildman–Crippen LogP) is 5.84. The van der Waals surface area contributed by atoms with Crippen molar-refractivity contribution in [1.82, 2.24) is 10.3 Å². The van der Waals surface area contributed by atoms with Gasteiger partial charge < -0.3 is 10.1 Å². The summed E-state index contributed by atoms with van der Waals surface area (Å²) in [5, 5.41) is 7.12. The molecule has 0 fully saturated rings. The Balaban J connectivity index is 1.53. The number of thiocarbonyl (C=S) groups is 1. The second-order valence-corrected chi connectivity index (χ2v) is 8.57. The molecule has 2 N–H and O–H groups in total. The molecule has 0 aliphatic heterocycles. The summed E-state index contributed by atoms with van der Waals surface area (Å²) in [6.07, 6.45) is 3.38. The molecule has 3 rings (SSSR count). The van der Waals surface area contributed by atoms with Gasteiger partial charge in [-0.15, -0.1) is 0 Å². The number of amides is 1. The number of carbonyl (C=O) groups is 1. The SMILES string of the molecule is CCCCc1ccc2nc(NC(=S)NC(=O)COc3ccc(Cl)cc3Cl)sc2c1. The van der Waals surface area contributed by atoms with Crippen molar-refractivity contribution in [3.63, 3.8) is 0 Å². The van der Waals surface area contributed by atoms with Crippen molar-refractivity contribution < 1.29 is 9.53 Å². The number of aryl methyl sites for hydroxylation is 1. The maximum absolute atomic E-state index is 12.1. The summed E-state index contributed by atoms with van der Waals surface area (Å²) in [6.45, 7) is 1.95. The third kappa shape index (κ3) is 6.27. The molecular formula is C20H19Cl2N3O2S2. The van der Waals surface area contributed by atoms with Gasteiger partial charge in [0.1, 0.15) is 5.75 Å². The van der Waals surface area contributed by atoms with Crippen LogP contribution in [0.3, 0.4) is 0 Å². The number of aromatic nitrogens is 1. The van der Waals surface area contributed by atoms with Gasteiger partial charge in [-0.2, -0.15) is 0 Å². The van der Waals surface area contributed by atoms with E-state index in [2.05, 4.69) is 34.7 Å². The minimum atomic E-state index is -0.406. The average molecular weight is 468 g/mol. The van der Waals surface area contributed by atoms with E-state index in [1.54, 1.807) is 18.2 Å². The van der Waals surface area contributed by atoms with E-state index in [1.165, 1.54) is 16.9 Å². The number of thiazole rings is 1. The Morgan fingerprint density at radius 2 is 2.07 bits per heavy atom. The lowest BCUT2D eigenvalue weighted by molar-refractivity contribution is -0.121. The fraction of sp³-hybridized carbons (Fsp3) is 0.250. The van der Waals surface area contributed by atoms with Gasteiger partial charge in [0.2, 0.25) is 0 Å². The molecule has 3 aromatic rings. The van der Waals surface area contributed by atoms with Gasteiger partial charge in [-0.3, -0.25) is 10.1 Å². The molecule has 0 aliphatic rings. The van der Waals surface area contributed by atoms with Crippen molar-refractivity contribution in [2.75, 3.05) is 11.9 Å². The highest BCUT2D eigenvalue weighted by atomic mass is 35.5. The van der Waals surface area contributed by atoms with Crippen LogP contribution >= 0.6 is 46.8 Å². The van der Waals surface area contributed by atoms with Gasteiger partial charge in [-0.25, -0.2) is 4.98 Å². The molecule has 1 aromatic heterocycles. The predicted molar refractivity (Wildman–Crippen MR) is 125 cm³/mol. The molecule has 0 atom stereocenters. The summed E-state index contributed by atoms with van der Waals surface area (Å²) in [4.78, 5) is 16.6. The third-order valence-electron chi connectivity index (χ3n) is 4.00. The first-order valence-electron chi connectivity index (χ1n) is 9.02. The number of carbonyl (C=O) groups excluding carboxylic acids is 1. The first-order valence-corrected chi connectivity index (χ1v) is 11.0. The van der Waals surface area contributed by atoms with Crippen molar-refractivity contribution in [2.45, 2.75) is 26.2 Å². The van der Waals surface area contributed by atoms with E-state index in [1.807, 2.05) is 6.07 Å². The number of benzene rings is 2. The van der Waals surface area contributed by atoms with Gasteiger partial charge >= 0.3 is 0 Å². The normalized spacial score (nSPS) is 10.7. The van der Waals surface area contributed by atoms with Crippen LogP contribution in [0.2, 0.25) is 10.0 Å². The molecule has 1 amide bonds. The van der Waals surface area contributed by atoms with E-state index in [0.717, 1.165) is 29.5 Å². The second-order valence-electron chi connectivity index (χ2n) is 6.29. The maximum atomic E-state index is 12.1. The van der Waals surface area contributed by atoms with Crippen LogP contribution in [0.25, 0.3) is 10.2 Å². The molecular weight excluding hydrogens is 449 g/mol. The van der Waals surface area contributed by atoms with Crippen LogP contribution in [0.15, 0.2) is 36.4 Å². The topological polar surface area (TPSA) is 63.2 Å². The number of ether oxygens (including phenoxy) is 1. The maximum Gasteiger partial charge on any atom is 0.264 e. The van der Waals surface area contributed by atoms with Gasteiger partial charge in [0, 0.05) is 5.02 Å². The molecule has 9 heteroatoms. The van der Waals surface area contributed by atoms with E-state index in [4.69, 9.17) is 40.2 Å². The summed E-state index contributed by atoms with van der Waals surface area (Å²) < 4.78 is 6.47. The van der Waals surface area contributed by atoms with Crippen molar-refractivity contribution in [3.05, 3.63) is 52.0 Å². The highest BCUT2D eigenvalue weighted by Gasteiger charge is 2.11. The number of hydrogen-bond acceptors (Lipinski definition) is 5. The summed E-state index contributed by atoms with van der Waals surface area (Å²) in [5.41, 5.74) is 2.19. The molecule has 0 radical (unpaired) electrons. The van der Waals surface area contributed by atoms with Crippen LogP contribution in [0.1, 0.15) is 25.3 Å². The van der Waals surface area contributed by atoms with Crippen LogP contribution in [0.5, 0.6) is 5.75 Å². The Hall–Kier alpha value is -1.93. The molecule has 0 unspecified atom stereocenters. The van der Waals surface area contributed by atoms with Crippen LogP contribution in [-0.2, 0) is 11.2 Å². The molecule has 1 heterocycles. The van der Waals surface area contributed by atoms with Crippen LogP contribution < -0.4 is 15.4 Å². The Labute approximate surface area is 188 Å². The van der Waals surface area contributed by atoms with Crippen molar-refractivity contribution in [1.29, 1.82) is 0 Å². The lowest BCUT2D eigenvalue weighted by Gasteiger charge is -2.09. The van der Waals surface area contributed by atoms with Crippen molar-refractivity contribution >= 4 is 73.1 Å².